The minimum absolute atomic E-state index is 0.475. The van der Waals surface area contributed by atoms with E-state index in [2.05, 4.69) is 4.98 Å². The molecule has 0 aromatic carbocycles. The van der Waals surface area contributed by atoms with E-state index in [-0.39, 0.29) is 0 Å². The molecule has 0 spiro atoms. The summed E-state index contributed by atoms with van der Waals surface area (Å²) in [5.74, 6) is 0. The third-order valence-electron chi connectivity index (χ3n) is 1.25. The second-order valence-corrected chi connectivity index (χ2v) is 2.34. The van der Waals surface area contributed by atoms with Gasteiger partial charge in [-0.3, -0.25) is 0 Å². The van der Waals surface area contributed by atoms with Gasteiger partial charge in [-0.15, -0.1) is 0 Å². The van der Waals surface area contributed by atoms with E-state index in [0.29, 0.717) is 5.15 Å². The van der Waals surface area contributed by atoms with Crippen LogP contribution in [-0.4, -0.2) is 11.2 Å². The predicted octanol–water partition coefficient (Wildman–Crippen LogP) is 2.04. The molecular formula is C7H7ClN2. The predicted molar refractivity (Wildman–Crippen MR) is 41.9 cm³/mol. The van der Waals surface area contributed by atoms with Crippen LogP contribution in [0.5, 0.6) is 0 Å². The zero-order valence-electron chi connectivity index (χ0n) is 5.56. The van der Waals surface area contributed by atoms with Gasteiger partial charge in [0.2, 0.25) is 0 Å². The van der Waals surface area contributed by atoms with Gasteiger partial charge in [-0.1, -0.05) is 11.6 Å². The monoisotopic (exact) mass is 154 g/mol. The molecule has 1 heterocycles. The third kappa shape index (κ3) is 1.33. The van der Waals surface area contributed by atoms with Crippen molar-refractivity contribution in [3.8, 4) is 0 Å². The summed E-state index contributed by atoms with van der Waals surface area (Å²) in [4.78, 5) is 3.96. The van der Waals surface area contributed by atoms with Crippen LogP contribution in [0.4, 0.5) is 0 Å². The van der Waals surface area contributed by atoms with Crippen LogP contribution in [0, 0.1) is 12.3 Å². The summed E-state index contributed by atoms with van der Waals surface area (Å²) in [6, 6.07) is 3.45. The van der Waals surface area contributed by atoms with E-state index in [9.17, 15) is 0 Å². The Bertz CT molecular complexity index is 258. The zero-order chi connectivity index (χ0) is 7.56. The lowest BCUT2D eigenvalue weighted by Gasteiger charge is -1.96. The fourth-order valence-corrected chi connectivity index (χ4v) is 0.883. The van der Waals surface area contributed by atoms with Gasteiger partial charge in [0.15, 0.2) is 0 Å². The lowest BCUT2D eigenvalue weighted by molar-refractivity contribution is 1.19. The van der Waals surface area contributed by atoms with Crippen LogP contribution >= 0.6 is 11.6 Å². The van der Waals surface area contributed by atoms with E-state index in [4.69, 9.17) is 17.0 Å². The third-order valence-corrected chi connectivity index (χ3v) is 1.46. The minimum atomic E-state index is 0.475. The fourth-order valence-electron chi connectivity index (χ4n) is 0.694. The van der Waals surface area contributed by atoms with Crippen molar-refractivity contribution in [1.82, 2.24) is 4.98 Å². The number of aromatic nitrogens is 1. The van der Waals surface area contributed by atoms with Crippen LogP contribution in [0.2, 0.25) is 5.15 Å². The Balaban J connectivity index is 3.19. The number of aryl methyl sites for hydroxylation is 1. The standard InChI is InChI=1S/C7H7ClN2/c1-5-6(4-9)2-3-7(8)10-5/h2-4,9H,1H3. The molecule has 0 unspecified atom stereocenters. The molecule has 1 N–H and O–H groups in total. The molecule has 0 aliphatic rings. The van der Waals surface area contributed by atoms with Gasteiger partial charge < -0.3 is 5.41 Å². The van der Waals surface area contributed by atoms with Crippen molar-refractivity contribution < 1.29 is 0 Å². The van der Waals surface area contributed by atoms with Crippen molar-refractivity contribution in [2.24, 2.45) is 0 Å². The highest BCUT2D eigenvalue weighted by molar-refractivity contribution is 6.29. The van der Waals surface area contributed by atoms with Gasteiger partial charge >= 0.3 is 0 Å². The number of hydrogen-bond donors (Lipinski definition) is 1. The first-order valence-electron chi connectivity index (χ1n) is 2.87. The van der Waals surface area contributed by atoms with Crippen LogP contribution in [0.25, 0.3) is 0 Å². The fraction of sp³-hybridized carbons (Fsp3) is 0.143. The topological polar surface area (TPSA) is 36.7 Å². The van der Waals surface area contributed by atoms with E-state index in [0.717, 1.165) is 11.3 Å². The van der Waals surface area contributed by atoms with Crippen molar-refractivity contribution in [1.29, 1.82) is 5.41 Å². The maximum Gasteiger partial charge on any atom is 0.129 e. The molecule has 0 fully saturated rings. The highest BCUT2D eigenvalue weighted by Crippen LogP contribution is 2.07. The second kappa shape index (κ2) is 2.80. The molecule has 0 aliphatic carbocycles. The van der Waals surface area contributed by atoms with E-state index >= 15 is 0 Å². The van der Waals surface area contributed by atoms with Gasteiger partial charge in [-0.05, 0) is 19.1 Å². The quantitative estimate of drug-likeness (QED) is 0.488. The largest absolute Gasteiger partial charge is 0.308 e. The highest BCUT2D eigenvalue weighted by atomic mass is 35.5. The lowest BCUT2D eigenvalue weighted by atomic mass is 10.2. The molecule has 0 saturated carbocycles. The summed E-state index contributed by atoms with van der Waals surface area (Å²) in [5.41, 5.74) is 1.60. The van der Waals surface area contributed by atoms with Crippen LogP contribution in [0.15, 0.2) is 12.1 Å². The van der Waals surface area contributed by atoms with Crippen LogP contribution in [0.3, 0.4) is 0 Å². The molecule has 52 valence electrons. The van der Waals surface area contributed by atoms with E-state index in [1.165, 1.54) is 6.21 Å². The van der Waals surface area contributed by atoms with E-state index in [1.54, 1.807) is 12.1 Å². The van der Waals surface area contributed by atoms with Crippen LogP contribution < -0.4 is 0 Å². The van der Waals surface area contributed by atoms with Crippen molar-refractivity contribution in [3.05, 3.63) is 28.5 Å². The number of halogens is 1. The summed E-state index contributed by atoms with van der Waals surface area (Å²) >= 11 is 5.59. The normalized spacial score (nSPS) is 9.40. The van der Waals surface area contributed by atoms with Gasteiger partial charge in [-0.2, -0.15) is 0 Å². The second-order valence-electron chi connectivity index (χ2n) is 1.95. The molecule has 1 rings (SSSR count). The average Bonchev–Trinajstić information content (AvgIpc) is 1.88. The molecule has 0 aliphatic heterocycles. The smallest absolute Gasteiger partial charge is 0.129 e. The first kappa shape index (κ1) is 7.22. The summed E-state index contributed by atoms with van der Waals surface area (Å²) < 4.78 is 0. The molecule has 1 aromatic heterocycles. The molecule has 0 amide bonds. The van der Waals surface area contributed by atoms with E-state index in [1.807, 2.05) is 6.92 Å². The summed E-state index contributed by atoms with van der Waals surface area (Å²) in [5, 5.41) is 7.42. The Morgan fingerprint density at radius 3 is 2.80 bits per heavy atom. The Hall–Kier alpha value is -0.890. The maximum atomic E-state index is 6.95. The minimum Gasteiger partial charge on any atom is -0.308 e. The number of hydrogen-bond acceptors (Lipinski definition) is 2. The Morgan fingerprint density at radius 1 is 1.60 bits per heavy atom. The Morgan fingerprint density at radius 2 is 2.30 bits per heavy atom. The Kier molecular flexibility index (Phi) is 2.02. The highest BCUT2D eigenvalue weighted by Gasteiger charge is 1.95. The maximum absolute atomic E-state index is 6.95. The molecule has 0 saturated heterocycles. The van der Waals surface area contributed by atoms with E-state index < -0.39 is 0 Å². The van der Waals surface area contributed by atoms with Crippen molar-refractivity contribution in [3.63, 3.8) is 0 Å². The number of rotatable bonds is 1. The Labute approximate surface area is 64.4 Å². The van der Waals surface area contributed by atoms with Crippen LogP contribution in [0.1, 0.15) is 11.3 Å². The summed E-state index contributed by atoms with van der Waals surface area (Å²) in [6.07, 6.45) is 1.26. The number of pyridine rings is 1. The summed E-state index contributed by atoms with van der Waals surface area (Å²) in [6.45, 7) is 1.83. The van der Waals surface area contributed by atoms with Gasteiger partial charge in [0.05, 0.1) is 0 Å². The SMILES string of the molecule is Cc1nc(Cl)ccc1C=N. The summed E-state index contributed by atoms with van der Waals surface area (Å²) in [7, 11) is 0. The molecule has 0 atom stereocenters. The van der Waals surface area contributed by atoms with Crippen molar-refractivity contribution in [2.75, 3.05) is 0 Å². The van der Waals surface area contributed by atoms with Gasteiger partial charge in [0, 0.05) is 17.5 Å². The molecule has 10 heavy (non-hydrogen) atoms. The van der Waals surface area contributed by atoms with Crippen LogP contribution in [-0.2, 0) is 0 Å². The molecule has 0 radical (unpaired) electrons. The lowest BCUT2D eigenvalue weighted by Crippen LogP contribution is -1.89. The molecule has 2 nitrogen and oxygen atoms in total. The number of nitrogens with zero attached hydrogens (tertiary/aromatic N) is 1. The first-order valence-corrected chi connectivity index (χ1v) is 3.25. The van der Waals surface area contributed by atoms with Crippen molar-refractivity contribution >= 4 is 17.8 Å². The molecule has 0 bridgehead atoms. The average molecular weight is 155 g/mol. The van der Waals surface area contributed by atoms with Gasteiger partial charge in [-0.25, -0.2) is 4.98 Å². The van der Waals surface area contributed by atoms with Gasteiger partial charge in [0.1, 0.15) is 5.15 Å². The first-order chi connectivity index (χ1) is 4.74. The molecular weight excluding hydrogens is 148 g/mol. The molecule has 1 aromatic rings. The van der Waals surface area contributed by atoms with Gasteiger partial charge in [0.25, 0.3) is 0 Å². The number of nitrogens with one attached hydrogen (secondary N) is 1. The zero-order valence-corrected chi connectivity index (χ0v) is 6.31. The molecule has 3 heteroatoms. The van der Waals surface area contributed by atoms with Crippen molar-refractivity contribution in [2.45, 2.75) is 6.92 Å².